The average molecular weight is 314 g/mol. The van der Waals surface area contributed by atoms with Gasteiger partial charge >= 0.3 is 7.48 Å². The first-order chi connectivity index (χ1) is 9.67. The second-order valence-electron chi connectivity index (χ2n) is 5.96. The van der Waals surface area contributed by atoms with Crippen LogP contribution in [0.1, 0.15) is 27.7 Å². The highest BCUT2D eigenvalue weighted by Gasteiger charge is 2.35. The lowest BCUT2D eigenvalue weighted by molar-refractivity contribution is -0.0893. The fourth-order valence-corrected chi connectivity index (χ4v) is 2.26. The molecular formula is C15H24BFO3S. The highest BCUT2D eigenvalue weighted by molar-refractivity contribution is 7.99. The molecule has 1 rings (SSSR count). The van der Waals surface area contributed by atoms with E-state index in [9.17, 15) is 9.50 Å². The molecule has 0 saturated carbocycles. The van der Waals surface area contributed by atoms with Gasteiger partial charge in [-0.3, -0.25) is 0 Å². The van der Waals surface area contributed by atoms with Crippen LogP contribution in [0.4, 0.5) is 4.39 Å². The summed E-state index contributed by atoms with van der Waals surface area (Å²) in [5, 5.41) is 10.0. The highest BCUT2D eigenvalue weighted by atomic mass is 32.2. The number of ether oxygens (including phenoxy) is 1. The molecule has 0 amide bonds. The van der Waals surface area contributed by atoms with Gasteiger partial charge in [0.15, 0.2) is 0 Å². The molecule has 3 nitrogen and oxygen atoms in total. The second kappa shape index (κ2) is 7.63. The quantitative estimate of drug-likeness (QED) is 0.453. The van der Waals surface area contributed by atoms with Crippen molar-refractivity contribution in [3.63, 3.8) is 0 Å². The molecule has 0 heterocycles. The van der Waals surface area contributed by atoms with Gasteiger partial charge < -0.3 is 14.5 Å². The predicted octanol–water partition coefficient (Wildman–Crippen LogP) is 2.11. The summed E-state index contributed by atoms with van der Waals surface area (Å²) in [5.41, 5.74) is -0.933. The van der Waals surface area contributed by atoms with Gasteiger partial charge in [-0.05, 0) is 45.3 Å². The number of hydrogen-bond acceptors (Lipinski definition) is 4. The third-order valence-corrected chi connectivity index (χ3v) is 4.63. The summed E-state index contributed by atoms with van der Waals surface area (Å²) in [6.45, 7) is 7.62. The fraction of sp³-hybridized carbons (Fsp3) is 0.600. The number of aliphatic hydroxyl groups is 1. The molecule has 6 heteroatoms. The van der Waals surface area contributed by atoms with E-state index in [1.165, 1.54) is 17.8 Å². The predicted molar refractivity (Wildman–Crippen MR) is 87.2 cm³/mol. The van der Waals surface area contributed by atoms with Crippen molar-refractivity contribution in [3.8, 4) is 0 Å². The van der Waals surface area contributed by atoms with Crippen LogP contribution in [0.15, 0.2) is 23.1 Å². The molecule has 0 bridgehead atoms. The summed E-state index contributed by atoms with van der Waals surface area (Å²) in [6.07, 6.45) is 0. The lowest BCUT2D eigenvalue weighted by atomic mass is 9.82. The fourth-order valence-electron chi connectivity index (χ4n) is 1.43. The van der Waals surface area contributed by atoms with Crippen LogP contribution in [0.3, 0.4) is 0 Å². The van der Waals surface area contributed by atoms with Crippen molar-refractivity contribution in [2.24, 2.45) is 0 Å². The summed E-state index contributed by atoms with van der Waals surface area (Å²) >= 11 is 1.43. The van der Waals surface area contributed by atoms with Crippen molar-refractivity contribution in [1.82, 2.24) is 0 Å². The Kier molecular flexibility index (Phi) is 6.72. The number of methoxy groups -OCH3 is 1. The number of hydrogen-bond donors (Lipinski definition) is 1. The topological polar surface area (TPSA) is 38.7 Å². The maximum absolute atomic E-state index is 14.0. The molecule has 0 aliphatic heterocycles. The van der Waals surface area contributed by atoms with Crippen LogP contribution in [-0.2, 0) is 9.39 Å². The van der Waals surface area contributed by atoms with Crippen molar-refractivity contribution in [2.45, 2.75) is 43.8 Å². The van der Waals surface area contributed by atoms with E-state index in [1.54, 1.807) is 27.0 Å². The average Bonchev–Trinajstić information content (AvgIpc) is 2.37. The van der Waals surface area contributed by atoms with Gasteiger partial charge in [0.1, 0.15) is 5.82 Å². The highest BCUT2D eigenvalue weighted by Crippen LogP contribution is 2.24. The first-order valence-electron chi connectivity index (χ1n) is 6.94. The molecule has 0 atom stereocenters. The first kappa shape index (κ1) is 18.5. The Morgan fingerprint density at radius 1 is 1.29 bits per heavy atom. The van der Waals surface area contributed by atoms with Crippen LogP contribution in [0.25, 0.3) is 0 Å². The lowest BCUT2D eigenvalue weighted by Crippen LogP contribution is -2.49. The number of thioether (sulfide) groups is 1. The summed E-state index contributed by atoms with van der Waals surface area (Å²) in [6, 6.07) is 5.08. The second-order valence-corrected chi connectivity index (χ2v) is 7.10. The SMILES string of the molecule is COCCSc1ccc(BOC(C)(C)C(C)(C)O)cc1F. The molecule has 118 valence electrons. The van der Waals surface area contributed by atoms with Gasteiger partial charge in [0, 0.05) is 17.8 Å². The third-order valence-electron chi connectivity index (χ3n) is 3.61. The van der Waals surface area contributed by atoms with Crippen LogP contribution in [-0.4, -0.2) is 43.3 Å². The van der Waals surface area contributed by atoms with Gasteiger partial charge in [0.25, 0.3) is 0 Å². The minimum atomic E-state index is -0.971. The lowest BCUT2D eigenvalue weighted by Gasteiger charge is -2.37. The van der Waals surface area contributed by atoms with Gasteiger partial charge in [0.05, 0.1) is 17.8 Å². The third kappa shape index (κ3) is 5.62. The Morgan fingerprint density at radius 3 is 2.48 bits per heavy atom. The van der Waals surface area contributed by atoms with Crippen molar-refractivity contribution < 1.29 is 18.9 Å². The molecule has 0 unspecified atom stereocenters. The van der Waals surface area contributed by atoms with Crippen LogP contribution >= 0.6 is 11.8 Å². The Balaban J connectivity index is 2.64. The molecule has 0 saturated heterocycles. The number of benzene rings is 1. The van der Waals surface area contributed by atoms with E-state index in [0.717, 1.165) is 11.2 Å². The van der Waals surface area contributed by atoms with Crippen LogP contribution in [0, 0.1) is 5.82 Å². The zero-order valence-corrected chi connectivity index (χ0v) is 14.2. The Morgan fingerprint density at radius 2 is 1.95 bits per heavy atom. The van der Waals surface area contributed by atoms with Crippen molar-refractivity contribution in [1.29, 1.82) is 0 Å². The molecule has 0 radical (unpaired) electrons. The van der Waals surface area contributed by atoms with E-state index in [1.807, 2.05) is 19.9 Å². The minimum Gasteiger partial charge on any atom is -0.427 e. The Bertz CT molecular complexity index is 461. The molecule has 1 aromatic rings. The van der Waals surface area contributed by atoms with E-state index < -0.39 is 11.2 Å². The summed E-state index contributed by atoms with van der Waals surface area (Å²) in [7, 11) is 1.89. The molecule has 0 aliphatic carbocycles. The van der Waals surface area contributed by atoms with E-state index in [2.05, 4.69) is 0 Å². The minimum absolute atomic E-state index is 0.252. The van der Waals surface area contributed by atoms with E-state index in [4.69, 9.17) is 9.39 Å². The largest absolute Gasteiger partial charge is 0.427 e. The monoisotopic (exact) mass is 314 g/mol. The van der Waals surface area contributed by atoms with Crippen molar-refractivity contribution in [3.05, 3.63) is 24.0 Å². The van der Waals surface area contributed by atoms with Crippen molar-refractivity contribution in [2.75, 3.05) is 19.5 Å². The zero-order chi connectivity index (χ0) is 16.1. The maximum atomic E-state index is 14.0. The van der Waals surface area contributed by atoms with E-state index in [0.29, 0.717) is 11.5 Å². The molecule has 1 aromatic carbocycles. The Labute approximate surface area is 131 Å². The van der Waals surface area contributed by atoms with Gasteiger partial charge in [-0.15, -0.1) is 11.8 Å². The first-order valence-corrected chi connectivity index (χ1v) is 7.92. The van der Waals surface area contributed by atoms with Crippen molar-refractivity contribution >= 4 is 24.7 Å². The number of rotatable bonds is 8. The van der Waals surface area contributed by atoms with Crippen LogP contribution in [0.2, 0.25) is 0 Å². The maximum Gasteiger partial charge on any atom is 0.309 e. The number of halogens is 1. The molecular weight excluding hydrogens is 290 g/mol. The normalized spacial score (nSPS) is 12.5. The van der Waals surface area contributed by atoms with Crippen LogP contribution < -0.4 is 5.46 Å². The summed E-state index contributed by atoms with van der Waals surface area (Å²) < 4.78 is 24.6. The van der Waals surface area contributed by atoms with Gasteiger partial charge in [-0.2, -0.15) is 0 Å². The molecule has 1 N–H and O–H groups in total. The zero-order valence-electron chi connectivity index (χ0n) is 13.4. The molecule has 0 aliphatic rings. The summed E-state index contributed by atoms with van der Waals surface area (Å²) in [5.74, 6) is 0.466. The Hall–Kier alpha value is -0.555. The molecule has 0 fully saturated rings. The van der Waals surface area contributed by atoms with Crippen LogP contribution in [0.5, 0.6) is 0 Å². The molecule has 0 spiro atoms. The summed E-state index contributed by atoms with van der Waals surface area (Å²) in [4.78, 5) is 0.609. The van der Waals surface area contributed by atoms with E-state index >= 15 is 0 Å². The van der Waals surface area contributed by atoms with Gasteiger partial charge in [-0.25, -0.2) is 4.39 Å². The smallest absolute Gasteiger partial charge is 0.309 e. The van der Waals surface area contributed by atoms with Gasteiger partial charge in [0.2, 0.25) is 0 Å². The standard InChI is InChI=1S/C15H24BFO3S/c1-14(2,18)15(3,4)20-16-11-6-7-13(12(17)10-11)21-9-8-19-5/h6-7,10,16,18H,8-9H2,1-5H3. The molecule has 0 aromatic heterocycles. The van der Waals surface area contributed by atoms with Gasteiger partial charge in [-0.1, -0.05) is 6.07 Å². The molecule has 21 heavy (non-hydrogen) atoms. The van der Waals surface area contributed by atoms with E-state index in [-0.39, 0.29) is 13.3 Å².